The molecule has 1 saturated heterocycles. The summed E-state index contributed by atoms with van der Waals surface area (Å²) in [7, 11) is 0. The Labute approximate surface area is 164 Å². The van der Waals surface area contributed by atoms with Gasteiger partial charge in [-0.1, -0.05) is 48.5 Å². The lowest BCUT2D eigenvalue weighted by atomic mass is 9.96. The summed E-state index contributed by atoms with van der Waals surface area (Å²) >= 11 is 1.58. The molecule has 1 amide bonds. The number of esters is 1. The zero-order chi connectivity index (χ0) is 19.1. The zero-order valence-corrected chi connectivity index (χ0v) is 16.4. The van der Waals surface area contributed by atoms with Crippen LogP contribution in [0.4, 0.5) is 0 Å². The van der Waals surface area contributed by atoms with E-state index in [2.05, 4.69) is 0 Å². The molecule has 4 nitrogen and oxygen atoms in total. The van der Waals surface area contributed by atoms with Gasteiger partial charge in [-0.3, -0.25) is 9.59 Å². The van der Waals surface area contributed by atoms with E-state index in [1.807, 2.05) is 72.5 Å². The van der Waals surface area contributed by atoms with Crippen LogP contribution in [0.1, 0.15) is 30.6 Å². The number of carbonyl (C=O) groups excluding carboxylic acids is 2. The van der Waals surface area contributed by atoms with Gasteiger partial charge in [0.05, 0.1) is 12.5 Å². The van der Waals surface area contributed by atoms with E-state index in [1.165, 1.54) is 0 Å². The Hall–Kier alpha value is -2.27. The molecule has 1 atom stereocenters. The number of hydrogen-bond acceptors (Lipinski definition) is 4. The number of amides is 1. The van der Waals surface area contributed by atoms with Crippen LogP contribution in [0.2, 0.25) is 0 Å². The number of nitrogens with zero attached hydrogens (tertiary/aromatic N) is 1. The van der Waals surface area contributed by atoms with Gasteiger partial charge in [-0.2, -0.15) is 0 Å². The second-order valence-corrected chi connectivity index (χ2v) is 7.75. The van der Waals surface area contributed by atoms with E-state index in [1.54, 1.807) is 11.8 Å². The Morgan fingerprint density at radius 3 is 2.22 bits per heavy atom. The molecule has 27 heavy (non-hydrogen) atoms. The van der Waals surface area contributed by atoms with Crippen molar-refractivity contribution in [1.82, 2.24) is 4.90 Å². The van der Waals surface area contributed by atoms with Crippen LogP contribution in [-0.4, -0.2) is 36.5 Å². The summed E-state index contributed by atoms with van der Waals surface area (Å²) in [6, 6.07) is 19.9. The highest BCUT2D eigenvalue weighted by Gasteiger charge is 2.32. The standard InChI is InChI=1S/C22H25NO3S/c1-2-26-22(25)18-13-15-23(16-14-18)21(24)20(17-9-5-3-6-10-17)27-19-11-7-4-8-12-19/h3-12,18,20H,2,13-16H2,1H3. The second-order valence-electron chi connectivity index (χ2n) is 6.57. The zero-order valence-electron chi connectivity index (χ0n) is 15.5. The number of hydrogen-bond donors (Lipinski definition) is 0. The van der Waals surface area contributed by atoms with Gasteiger partial charge in [0.1, 0.15) is 5.25 Å². The van der Waals surface area contributed by atoms with Crippen molar-refractivity contribution in [3.63, 3.8) is 0 Å². The molecule has 0 aliphatic carbocycles. The lowest BCUT2D eigenvalue weighted by Gasteiger charge is -2.33. The van der Waals surface area contributed by atoms with E-state index in [0.29, 0.717) is 32.5 Å². The van der Waals surface area contributed by atoms with Gasteiger partial charge < -0.3 is 9.64 Å². The highest BCUT2D eigenvalue weighted by atomic mass is 32.2. The SMILES string of the molecule is CCOC(=O)C1CCN(C(=O)C(Sc2ccccc2)c2ccccc2)CC1. The van der Waals surface area contributed by atoms with E-state index in [-0.39, 0.29) is 23.0 Å². The second kappa shape index (κ2) is 9.60. The molecule has 0 radical (unpaired) electrons. The fourth-order valence-electron chi connectivity index (χ4n) is 3.29. The lowest BCUT2D eigenvalue weighted by Crippen LogP contribution is -2.42. The van der Waals surface area contributed by atoms with Crippen LogP contribution >= 0.6 is 11.8 Å². The summed E-state index contributed by atoms with van der Waals surface area (Å²) in [5, 5.41) is -0.284. The van der Waals surface area contributed by atoms with Gasteiger partial charge in [0.2, 0.25) is 5.91 Å². The number of likely N-dealkylation sites (tertiary alicyclic amines) is 1. The normalized spacial score (nSPS) is 16.0. The number of ether oxygens (including phenoxy) is 1. The summed E-state index contributed by atoms with van der Waals surface area (Å²) in [5.74, 6) is -0.119. The van der Waals surface area contributed by atoms with Crippen LogP contribution in [0, 0.1) is 5.92 Å². The molecule has 1 aliphatic rings. The Kier molecular flexibility index (Phi) is 6.93. The molecular weight excluding hydrogens is 358 g/mol. The number of benzene rings is 2. The maximum Gasteiger partial charge on any atom is 0.309 e. The Morgan fingerprint density at radius 2 is 1.63 bits per heavy atom. The van der Waals surface area contributed by atoms with Gasteiger partial charge in [0, 0.05) is 18.0 Å². The molecule has 1 unspecified atom stereocenters. The molecule has 1 aliphatic heterocycles. The number of thioether (sulfide) groups is 1. The van der Waals surface area contributed by atoms with Crippen molar-refractivity contribution in [3.8, 4) is 0 Å². The molecule has 0 N–H and O–H groups in total. The predicted octanol–water partition coefficient (Wildman–Crippen LogP) is 4.32. The Bertz CT molecular complexity index is 743. The molecule has 0 bridgehead atoms. The van der Waals surface area contributed by atoms with Crippen LogP contribution in [0.15, 0.2) is 65.6 Å². The topological polar surface area (TPSA) is 46.6 Å². The molecule has 0 saturated carbocycles. The van der Waals surface area contributed by atoms with E-state index >= 15 is 0 Å². The minimum Gasteiger partial charge on any atom is -0.466 e. The van der Waals surface area contributed by atoms with Crippen molar-refractivity contribution in [1.29, 1.82) is 0 Å². The third kappa shape index (κ3) is 5.13. The summed E-state index contributed by atoms with van der Waals surface area (Å²) < 4.78 is 5.13. The predicted molar refractivity (Wildman–Crippen MR) is 107 cm³/mol. The minimum absolute atomic E-state index is 0.0917. The Morgan fingerprint density at radius 1 is 1.04 bits per heavy atom. The molecule has 2 aromatic rings. The monoisotopic (exact) mass is 383 g/mol. The van der Waals surface area contributed by atoms with Crippen LogP contribution in [0.3, 0.4) is 0 Å². The molecule has 1 heterocycles. The maximum absolute atomic E-state index is 13.3. The van der Waals surface area contributed by atoms with E-state index in [0.717, 1.165) is 10.5 Å². The van der Waals surface area contributed by atoms with Crippen molar-refractivity contribution in [3.05, 3.63) is 66.2 Å². The quantitative estimate of drug-likeness (QED) is 0.550. The van der Waals surface area contributed by atoms with Crippen LogP contribution in [-0.2, 0) is 14.3 Å². The van der Waals surface area contributed by atoms with Crippen LogP contribution < -0.4 is 0 Å². The number of rotatable bonds is 6. The summed E-state index contributed by atoms with van der Waals surface area (Å²) in [6.07, 6.45) is 1.34. The molecule has 5 heteroatoms. The molecule has 0 aromatic heterocycles. The first kappa shape index (κ1) is 19.5. The molecule has 142 valence electrons. The fraction of sp³-hybridized carbons (Fsp3) is 0.364. The Balaban J connectivity index is 1.71. The molecule has 2 aromatic carbocycles. The molecular formula is C22H25NO3S. The van der Waals surface area contributed by atoms with E-state index in [9.17, 15) is 9.59 Å². The largest absolute Gasteiger partial charge is 0.466 e. The highest BCUT2D eigenvalue weighted by Crippen LogP contribution is 2.37. The van der Waals surface area contributed by atoms with Gasteiger partial charge in [-0.05, 0) is 37.5 Å². The minimum atomic E-state index is -0.284. The smallest absolute Gasteiger partial charge is 0.309 e. The third-order valence-electron chi connectivity index (χ3n) is 4.75. The van der Waals surface area contributed by atoms with Crippen molar-refractivity contribution in [2.75, 3.05) is 19.7 Å². The van der Waals surface area contributed by atoms with Gasteiger partial charge in [-0.15, -0.1) is 11.8 Å². The van der Waals surface area contributed by atoms with Crippen molar-refractivity contribution < 1.29 is 14.3 Å². The molecule has 3 rings (SSSR count). The first-order valence-corrected chi connectivity index (χ1v) is 10.3. The van der Waals surface area contributed by atoms with Crippen molar-refractivity contribution >= 4 is 23.6 Å². The molecule has 1 fully saturated rings. The number of carbonyl (C=O) groups is 2. The van der Waals surface area contributed by atoms with Gasteiger partial charge in [-0.25, -0.2) is 0 Å². The van der Waals surface area contributed by atoms with E-state index < -0.39 is 0 Å². The van der Waals surface area contributed by atoms with Crippen LogP contribution in [0.5, 0.6) is 0 Å². The lowest BCUT2D eigenvalue weighted by molar-refractivity contribution is -0.151. The van der Waals surface area contributed by atoms with Crippen molar-refractivity contribution in [2.45, 2.75) is 29.9 Å². The number of piperidine rings is 1. The molecule has 0 spiro atoms. The average molecular weight is 384 g/mol. The van der Waals surface area contributed by atoms with Gasteiger partial charge >= 0.3 is 5.97 Å². The highest BCUT2D eigenvalue weighted by molar-refractivity contribution is 8.00. The summed E-state index contributed by atoms with van der Waals surface area (Å²) in [4.78, 5) is 28.2. The first-order chi connectivity index (χ1) is 13.2. The van der Waals surface area contributed by atoms with Crippen LogP contribution in [0.25, 0.3) is 0 Å². The maximum atomic E-state index is 13.3. The third-order valence-corrected chi connectivity index (χ3v) is 6.00. The average Bonchev–Trinajstić information content (AvgIpc) is 2.73. The van der Waals surface area contributed by atoms with E-state index in [4.69, 9.17) is 4.74 Å². The van der Waals surface area contributed by atoms with Crippen molar-refractivity contribution in [2.24, 2.45) is 5.92 Å². The summed E-state index contributed by atoms with van der Waals surface area (Å²) in [5.41, 5.74) is 1.00. The summed E-state index contributed by atoms with van der Waals surface area (Å²) in [6.45, 7) is 3.42. The first-order valence-electron chi connectivity index (χ1n) is 9.41. The van der Waals surface area contributed by atoms with Gasteiger partial charge in [0.15, 0.2) is 0 Å². The fourth-order valence-corrected chi connectivity index (χ4v) is 4.42. The van der Waals surface area contributed by atoms with Gasteiger partial charge in [0.25, 0.3) is 0 Å².